The van der Waals surface area contributed by atoms with Crippen LogP contribution in [0.5, 0.6) is 0 Å². The molecule has 0 radical (unpaired) electrons. The summed E-state index contributed by atoms with van der Waals surface area (Å²) in [5, 5.41) is 17.5. The third-order valence-corrected chi connectivity index (χ3v) is 2.49. The lowest BCUT2D eigenvalue weighted by molar-refractivity contribution is 0.131. The largest absolute Gasteiger partial charge is 0.396 e. The summed E-state index contributed by atoms with van der Waals surface area (Å²) in [7, 11) is 0. The topological polar surface area (TPSA) is 40.5 Å². The van der Waals surface area contributed by atoms with Gasteiger partial charge in [0.25, 0.3) is 0 Å². The first-order chi connectivity index (χ1) is 4.22. The number of aliphatic hydroxyl groups excluding tert-OH is 2. The van der Waals surface area contributed by atoms with E-state index in [-0.39, 0.29) is 11.4 Å². The van der Waals surface area contributed by atoms with E-state index in [2.05, 4.69) is 15.9 Å². The van der Waals surface area contributed by atoms with Gasteiger partial charge in [-0.3, -0.25) is 0 Å². The lowest BCUT2D eigenvalue weighted by Gasteiger charge is -2.13. The minimum Gasteiger partial charge on any atom is -0.396 e. The Morgan fingerprint density at radius 1 is 1.56 bits per heavy atom. The van der Waals surface area contributed by atoms with Crippen LogP contribution in [0.3, 0.4) is 0 Å². The van der Waals surface area contributed by atoms with E-state index in [1.54, 1.807) is 0 Å². The average molecular weight is 197 g/mol. The van der Waals surface area contributed by atoms with Gasteiger partial charge in [0.05, 0.1) is 6.10 Å². The van der Waals surface area contributed by atoms with Crippen LogP contribution in [-0.2, 0) is 0 Å². The normalized spacial score (nSPS) is 17.3. The monoisotopic (exact) mass is 196 g/mol. The van der Waals surface area contributed by atoms with Gasteiger partial charge in [0, 0.05) is 11.4 Å². The van der Waals surface area contributed by atoms with Crippen molar-refractivity contribution in [1.29, 1.82) is 0 Å². The van der Waals surface area contributed by atoms with Crippen LogP contribution in [-0.4, -0.2) is 27.8 Å². The molecule has 0 aromatic heterocycles. The van der Waals surface area contributed by atoms with E-state index < -0.39 is 6.10 Å². The zero-order valence-electron chi connectivity index (χ0n) is 5.55. The summed E-state index contributed by atoms with van der Waals surface area (Å²) >= 11 is 3.28. The summed E-state index contributed by atoms with van der Waals surface area (Å²) in [6.45, 7) is 2.04. The molecule has 2 N–H and O–H groups in total. The molecule has 0 aliphatic rings. The fraction of sp³-hybridized carbons (Fsp3) is 1.00. The van der Waals surface area contributed by atoms with Crippen molar-refractivity contribution in [3.63, 3.8) is 0 Å². The van der Waals surface area contributed by atoms with Crippen molar-refractivity contribution in [3.05, 3.63) is 0 Å². The van der Waals surface area contributed by atoms with Crippen LogP contribution in [0.15, 0.2) is 0 Å². The van der Waals surface area contributed by atoms with Crippen molar-refractivity contribution in [2.45, 2.75) is 30.7 Å². The number of alkyl halides is 1. The van der Waals surface area contributed by atoms with Crippen LogP contribution in [0.4, 0.5) is 0 Å². The van der Waals surface area contributed by atoms with Gasteiger partial charge in [-0.25, -0.2) is 0 Å². The van der Waals surface area contributed by atoms with Gasteiger partial charge in [-0.05, 0) is 12.8 Å². The predicted octanol–water partition coefficient (Wildman–Crippen LogP) is 0.903. The van der Waals surface area contributed by atoms with Crippen molar-refractivity contribution in [1.82, 2.24) is 0 Å². The van der Waals surface area contributed by atoms with Crippen LogP contribution in [0.1, 0.15) is 19.8 Å². The van der Waals surface area contributed by atoms with Crippen LogP contribution < -0.4 is 0 Å². The van der Waals surface area contributed by atoms with Gasteiger partial charge < -0.3 is 10.2 Å². The van der Waals surface area contributed by atoms with Crippen LogP contribution >= 0.6 is 15.9 Å². The molecular formula is C6H13BrO2. The standard InChI is InChI=1S/C6H13BrO2/c1-2-5(7)6(9)3-4-8/h5-6,8-9H,2-4H2,1H3. The van der Waals surface area contributed by atoms with E-state index >= 15 is 0 Å². The number of halogens is 1. The van der Waals surface area contributed by atoms with Crippen molar-refractivity contribution in [3.8, 4) is 0 Å². The zero-order valence-corrected chi connectivity index (χ0v) is 7.13. The smallest absolute Gasteiger partial charge is 0.0686 e. The highest BCUT2D eigenvalue weighted by Crippen LogP contribution is 2.11. The van der Waals surface area contributed by atoms with Crippen molar-refractivity contribution >= 4 is 15.9 Å². The summed E-state index contributed by atoms with van der Waals surface area (Å²) in [4.78, 5) is 0.129. The van der Waals surface area contributed by atoms with Gasteiger partial charge >= 0.3 is 0 Å². The first-order valence-corrected chi connectivity index (χ1v) is 4.07. The predicted molar refractivity (Wildman–Crippen MR) is 40.7 cm³/mol. The van der Waals surface area contributed by atoms with Crippen LogP contribution in [0.25, 0.3) is 0 Å². The van der Waals surface area contributed by atoms with Crippen LogP contribution in [0.2, 0.25) is 0 Å². The molecule has 2 atom stereocenters. The molecule has 0 rings (SSSR count). The zero-order chi connectivity index (χ0) is 7.28. The maximum absolute atomic E-state index is 9.11. The van der Waals surface area contributed by atoms with Crippen molar-refractivity contribution in [2.75, 3.05) is 6.61 Å². The SMILES string of the molecule is CCC(Br)C(O)CCO. The van der Waals surface area contributed by atoms with E-state index in [0.29, 0.717) is 6.42 Å². The molecule has 2 nitrogen and oxygen atoms in total. The van der Waals surface area contributed by atoms with Gasteiger partial charge in [0.1, 0.15) is 0 Å². The molecule has 0 heterocycles. The Morgan fingerprint density at radius 3 is 2.44 bits per heavy atom. The van der Waals surface area contributed by atoms with Gasteiger partial charge in [0.15, 0.2) is 0 Å². The van der Waals surface area contributed by atoms with Gasteiger partial charge in [-0.15, -0.1) is 0 Å². The number of aliphatic hydroxyl groups is 2. The van der Waals surface area contributed by atoms with Crippen molar-refractivity contribution < 1.29 is 10.2 Å². The molecule has 0 aliphatic carbocycles. The molecule has 0 aromatic carbocycles. The van der Waals surface area contributed by atoms with Gasteiger partial charge in [-0.2, -0.15) is 0 Å². The molecule has 0 aliphatic heterocycles. The fourth-order valence-electron chi connectivity index (χ4n) is 0.585. The minimum absolute atomic E-state index is 0.0588. The molecule has 2 unspecified atom stereocenters. The molecule has 0 bridgehead atoms. The maximum atomic E-state index is 9.11. The quantitative estimate of drug-likeness (QED) is 0.657. The highest BCUT2D eigenvalue weighted by atomic mass is 79.9. The molecule has 0 saturated carbocycles. The first-order valence-electron chi connectivity index (χ1n) is 3.15. The Labute approximate surface area is 64.0 Å². The number of hydrogen-bond acceptors (Lipinski definition) is 2. The van der Waals surface area contributed by atoms with Gasteiger partial charge in [-0.1, -0.05) is 22.9 Å². The Morgan fingerprint density at radius 2 is 2.11 bits per heavy atom. The summed E-state index contributed by atoms with van der Waals surface area (Å²) < 4.78 is 0. The van der Waals surface area contributed by atoms with E-state index in [1.807, 2.05) is 6.92 Å². The van der Waals surface area contributed by atoms with E-state index in [0.717, 1.165) is 6.42 Å². The molecule has 9 heavy (non-hydrogen) atoms. The Balaban J connectivity index is 3.32. The van der Waals surface area contributed by atoms with Crippen molar-refractivity contribution in [2.24, 2.45) is 0 Å². The van der Waals surface area contributed by atoms with E-state index in [4.69, 9.17) is 10.2 Å². The molecule has 0 saturated heterocycles. The molecule has 0 aromatic rings. The lowest BCUT2D eigenvalue weighted by atomic mass is 10.1. The lowest BCUT2D eigenvalue weighted by Crippen LogP contribution is -2.20. The summed E-state index contributed by atoms with van der Waals surface area (Å²) in [5.74, 6) is 0. The van der Waals surface area contributed by atoms with Crippen LogP contribution in [0, 0.1) is 0 Å². The highest BCUT2D eigenvalue weighted by molar-refractivity contribution is 9.09. The minimum atomic E-state index is -0.403. The molecular weight excluding hydrogens is 184 g/mol. The molecule has 3 heteroatoms. The average Bonchev–Trinajstić information content (AvgIpc) is 1.87. The first kappa shape index (κ1) is 9.40. The fourth-order valence-corrected chi connectivity index (χ4v) is 0.850. The Hall–Kier alpha value is 0.400. The van der Waals surface area contributed by atoms with E-state index in [1.165, 1.54) is 0 Å². The Bertz CT molecular complexity index is 68.1. The molecule has 0 fully saturated rings. The molecule has 56 valence electrons. The summed E-state index contributed by atoms with van der Waals surface area (Å²) in [5.41, 5.74) is 0. The third kappa shape index (κ3) is 3.89. The van der Waals surface area contributed by atoms with E-state index in [9.17, 15) is 0 Å². The highest BCUT2D eigenvalue weighted by Gasteiger charge is 2.11. The molecule has 0 spiro atoms. The number of rotatable bonds is 4. The second-order valence-corrected chi connectivity index (χ2v) is 3.18. The Kier molecular flexibility index (Phi) is 5.44. The second-order valence-electron chi connectivity index (χ2n) is 2.00. The number of hydrogen-bond donors (Lipinski definition) is 2. The maximum Gasteiger partial charge on any atom is 0.0686 e. The second kappa shape index (κ2) is 5.21. The molecule has 0 amide bonds. The third-order valence-electron chi connectivity index (χ3n) is 1.23. The van der Waals surface area contributed by atoms with Gasteiger partial charge in [0.2, 0.25) is 0 Å². The summed E-state index contributed by atoms with van der Waals surface area (Å²) in [6.07, 6.45) is 0.949. The summed E-state index contributed by atoms with van der Waals surface area (Å²) in [6, 6.07) is 0.